The third-order valence-electron chi connectivity index (χ3n) is 9.03. The summed E-state index contributed by atoms with van der Waals surface area (Å²) in [6, 6.07) is 18.8. The smallest absolute Gasteiger partial charge is 0.241 e. The summed E-state index contributed by atoms with van der Waals surface area (Å²) in [4.78, 5) is 20.6. The zero-order valence-corrected chi connectivity index (χ0v) is 21.3. The fraction of sp³-hybridized carbons (Fsp3) is 0.419. The fourth-order valence-electron chi connectivity index (χ4n) is 7.23. The Bertz CT molecular complexity index is 1230. The first-order valence-corrected chi connectivity index (χ1v) is 13.5. The lowest BCUT2D eigenvalue weighted by Gasteiger charge is -2.44. The van der Waals surface area contributed by atoms with Gasteiger partial charge in [0, 0.05) is 24.8 Å². The number of likely N-dealkylation sites (tertiary alicyclic amines) is 3. The predicted molar refractivity (Wildman–Crippen MR) is 144 cm³/mol. The molecule has 1 aliphatic carbocycles. The van der Waals surface area contributed by atoms with Crippen LogP contribution in [0, 0.1) is 11.3 Å². The average Bonchev–Trinajstić information content (AvgIpc) is 3.59. The van der Waals surface area contributed by atoms with Gasteiger partial charge in [-0.3, -0.25) is 9.69 Å². The quantitative estimate of drug-likeness (QED) is 0.623. The molecule has 2 bridgehead atoms. The molecule has 0 spiro atoms. The Labute approximate surface area is 219 Å². The highest BCUT2D eigenvalue weighted by Crippen LogP contribution is 2.46. The van der Waals surface area contributed by atoms with E-state index in [2.05, 4.69) is 82.5 Å². The molecular weight excluding hydrogens is 458 g/mol. The van der Waals surface area contributed by atoms with E-state index in [1.54, 1.807) is 0 Å². The number of hydrogen-bond donors (Lipinski definition) is 1. The highest BCUT2D eigenvalue weighted by atomic mass is 16.2. The number of piperazine rings is 1. The monoisotopic (exact) mass is 493 g/mol. The summed E-state index contributed by atoms with van der Waals surface area (Å²) in [5.41, 5.74) is 12.6. The van der Waals surface area contributed by atoms with Crippen LogP contribution in [0.3, 0.4) is 0 Å². The molecule has 0 saturated carbocycles. The van der Waals surface area contributed by atoms with Gasteiger partial charge in [-0.1, -0.05) is 61.2 Å². The van der Waals surface area contributed by atoms with E-state index in [0.29, 0.717) is 6.54 Å². The van der Waals surface area contributed by atoms with Gasteiger partial charge in [-0.2, -0.15) is 5.26 Å². The molecule has 0 radical (unpaired) electrons. The van der Waals surface area contributed by atoms with Crippen molar-refractivity contribution < 1.29 is 4.79 Å². The van der Waals surface area contributed by atoms with E-state index in [9.17, 15) is 10.1 Å². The van der Waals surface area contributed by atoms with Crippen LogP contribution < -0.4 is 5.73 Å². The Morgan fingerprint density at radius 2 is 1.78 bits per heavy atom. The molecule has 2 aromatic carbocycles. The maximum absolute atomic E-state index is 14.1. The van der Waals surface area contributed by atoms with Gasteiger partial charge in [-0.05, 0) is 54.4 Å². The maximum Gasteiger partial charge on any atom is 0.241 e. The van der Waals surface area contributed by atoms with E-state index in [1.807, 2.05) is 6.08 Å². The van der Waals surface area contributed by atoms with Crippen LogP contribution in [0.15, 0.2) is 73.5 Å². The van der Waals surface area contributed by atoms with Crippen molar-refractivity contribution >= 4 is 5.91 Å². The SMILES string of the molecule is C=CC1[C@@H]2CC(C(=O)N2C2c3ccccc3CCc3ccccc32)N1C[C@H](N)C(=C)N1CCC[C@H]1C#N. The van der Waals surface area contributed by atoms with Crippen molar-refractivity contribution in [3.05, 3.63) is 95.7 Å². The summed E-state index contributed by atoms with van der Waals surface area (Å²) in [5.74, 6) is 0.175. The van der Waals surface area contributed by atoms with Crippen LogP contribution in [0.1, 0.15) is 47.6 Å². The average molecular weight is 494 g/mol. The number of nitrogens with two attached hydrogens (primary N) is 1. The summed E-state index contributed by atoms with van der Waals surface area (Å²) in [6.07, 6.45) is 6.55. The zero-order valence-electron chi connectivity index (χ0n) is 21.3. The number of amides is 1. The number of carbonyl (C=O) groups is 1. The first-order chi connectivity index (χ1) is 18.0. The summed E-state index contributed by atoms with van der Waals surface area (Å²) in [7, 11) is 0. The predicted octanol–water partition coefficient (Wildman–Crippen LogP) is 3.54. The summed E-state index contributed by atoms with van der Waals surface area (Å²) < 4.78 is 0. The van der Waals surface area contributed by atoms with E-state index in [4.69, 9.17) is 5.73 Å². The maximum atomic E-state index is 14.1. The van der Waals surface area contributed by atoms with Gasteiger partial charge >= 0.3 is 0 Å². The molecule has 6 heteroatoms. The van der Waals surface area contributed by atoms with Gasteiger partial charge in [-0.15, -0.1) is 6.58 Å². The lowest BCUT2D eigenvalue weighted by Crippen LogP contribution is -2.59. The van der Waals surface area contributed by atoms with E-state index in [1.165, 1.54) is 22.3 Å². The van der Waals surface area contributed by atoms with Crippen molar-refractivity contribution in [2.45, 2.75) is 68.4 Å². The van der Waals surface area contributed by atoms with Crippen LogP contribution in [-0.2, 0) is 17.6 Å². The molecule has 3 saturated heterocycles. The second kappa shape index (κ2) is 9.48. The van der Waals surface area contributed by atoms with Gasteiger partial charge in [0.25, 0.3) is 0 Å². The molecule has 2 unspecified atom stereocenters. The van der Waals surface area contributed by atoms with Crippen LogP contribution >= 0.6 is 0 Å². The molecule has 190 valence electrons. The van der Waals surface area contributed by atoms with Crippen molar-refractivity contribution in [2.75, 3.05) is 13.1 Å². The number of hydrogen-bond acceptors (Lipinski definition) is 5. The lowest BCUT2D eigenvalue weighted by atomic mass is 9.91. The zero-order chi connectivity index (χ0) is 25.7. The molecule has 3 fully saturated rings. The topological polar surface area (TPSA) is 76.6 Å². The number of carbonyl (C=O) groups excluding carboxylic acids is 1. The van der Waals surface area contributed by atoms with Gasteiger partial charge in [-0.25, -0.2) is 0 Å². The fourth-order valence-corrected chi connectivity index (χ4v) is 7.23. The molecular formula is C31H35N5O. The van der Waals surface area contributed by atoms with Crippen LogP contribution in [0.4, 0.5) is 0 Å². The third kappa shape index (κ3) is 3.80. The van der Waals surface area contributed by atoms with Crippen molar-refractivity contribution in [3.63, 3.8) is 0 Å². The van der Waals surface area contributed by atoms with Gasteiger partial charge in [0.05, 0.1) is 30.2 Å². The van der Waals surface area contributed by atoms with E-state index in [-0.39, 0.29) is 42.2 Å². The molecule has 2 aromatic rings. The molecule has 37 heavy (non-hydrogen) atoms. The van der Waals surface area contributed by atoms with Crippen molar-refractivity contribution in [3.8, 4) is 6.07 Å². The first kappa shape index (κ1) is 24.0. The normalized spacial score (nSPS) is 27.9. The van der Waals surface area contributed by atoms with Crippen molar-refractivity contribution in [1.29, 1.82) is 5.26 Å². The van der Waals surface area contributed by atoms with Crippen molar-refractivity contribution in [1.82, 2.24) is 14.7 Å². The largest absolute Gasteiger partial charge is 0.358 e. The Kier molecular flexibility index (Phi) is 6.14. The summed E-state index contributed by atoms with van der Waals surface area (Å²) in [6.45, 7) is 9.79. The second-order valence-electron chi connectivity index (χ2n) is 10.9. The lowest BCUT2D eigenvalue weighted by molar-refractivity contribution is -0.140. The molecule has 1 amide bonds. The number of fused-ring (bicyclic) bond motifs is 4. The standard InChI is InChI=1S/C31H35N5O/c1-3-27-28-17-29(35(27)19-26(33)20(2)34-16-8-11-23(34)18-32)31(37)36(28)30-24-12-6-4-9-21(24)14-15-22-10-5-7-13-25(22)30/h3-7,9-10,12-13,23,26-30H,1-2,8,11,14-17,19,33H2/t23-,26-,27?,28-,29?/m0/s1. The van der Waals surface area contributed by atoms with Crippen LogP contribution in [0.25, 0.3) is 0 Å². The van der Waals surface area contributed by atoms with E-state index in [0.717, 1.165) is 44.3 Å². The van der Waals surface area contributed by atoms with Crippen LogP contribution in [-0.4, -0.2) is 63.9 Å². The Morgan fingerprint density at radius 1 is 1.14 bits per heavy atom. The highest BCUT2D eigenvalue weighted by Gasteiger charge is 2.57. The number of aryl methyl sites for hydroxylation is 2. The first-order valence-electron chi connectivity index (χ1n) is 13.5. The molecule has 4 aliphatic rings. The minimum absolute atomic E-state index is 0.0227. The molecule has 0 aromatic heterocycles. The van der Waals surface area contributed by atoms with E-state index < -0.39 is 0 Å². The minimum Gasteiger partial charge on any atom is -0.358 e. The summed E-state index contributed by atoms with van der Waals surface area (Å²) in [5, 5.41) is 9.52. The molecule has 2 N–H and O–H groups in total. The van der Waals surface area contributed by atoms with Crippen LogP contribution in [0.2, 0.25) is 0 Å². The molecule has 3 heterocycles. The van der Waals surface area contributed by atoms with Gasteiger partial charge in [0.1, 0.15) is 6.04 Å². The van der Waals surface area contributed by atoms with E-state index >= 15 is 0 Å². The molecule has 3 aliphatic heterocycles. The van der Waals surface area contributed by atoms with Gasteiger partial charge in [0.2, 0.25) is 5.91 Å². The Morgan fingerprint density at radius 3 is 2.41 bits per heavy atom. The number of benzene rings is 2. The highest BCUT2D eigenvalue weighted by molar-refractivity contribution is 5.87. The molecule has 6 rings (SSSR count). The Hall–Kier alpha value is -3.40. The van der Waals surface area contributed by atoms with Gasteiger partial charge < -0.3 is 15.5 Å². The van der Waals surface area contributed by atoms with Crippen molar-refractivity contribution in [2.24, 2.45) is 5.73 Å². The Balaban J connectivity index is 1.30. The number of nitrogens with zero attached hydrogens (tertiary/aromatic N) is 4. The minimum atomic E-state index is -0.337. The third-order valence-corrected chi connectivity index (χ3v) is 9.03. The molecule has 6 nitrogen and oxygen atoms in total. The number of nitriles is 1. The number of rotatable bonds is 6. The van der Waals surface area contributed by atoms with Gasteiger partial charge in [0.15, 0.2) is 0 Å². The van der Waals surface area contributed by atoms with Crippen LogP contribution in [0.5, 0.6) is 0 Å². The summed E-state index contributed by atoms with van der Waals surface area (Å²) >= 11 is 0. The molecule has 5 atom stereocenters. The second-order valence-corrected chi connectivity index (χ2v) is 10.9.